The van der Waals surface area contributed by atoms with Gasteiger partial charge in [-0.1, -0.05) is 0 Å². The minimum atomic E-state index is -3.69. The lowest BCUT2D eigenvalue weighted by molar-refractivity contribution is -0.128. The Bertz CT molecular complexity index is 622. The fourth-order valence-corrected chi connectivity index (χ4v) is 3.56. The number of hydrogen-bond donors (Lipinski definition) is 1. The quantitative estimate of drug-likeness (QED) is 0.876. The van der Waals surface area contributed by atoms with E-state index in [0.717, 1.165) is 12.8 Å². The van der Waals surface area contributed by atoms with E-state index >= 15 is 0 Å². The lowest BCUT2D eigenvalue weighted by atomic mass is 10.2. The molecule has 0 spiro atoms. The molecule has 116 valence electrons. The number of amides is 1. The molecule has 1 amide bonds. The van der Waals surface area contributed by atoms with Crippen molar-refractivity contribution in [1.29, 1.82) is 0 Å². The van der Waals surface area contributed by atoms with Gasteiger partial charge in [0.2, 0.25) is 15.9 Å². The molecule has 1 aromatic rings. The summed E-state index contributed by atoms with van der Waals surface area (Å²) < 4.78 is 31.9. The average Bonchev–Trinajstić information content (AvgIpc) is 2.98. The fraction of sp³-hybridized carbons (Fsp3) is 0.500. The third kappa shape index (κ3) is 3.74. The van der Waals surface area contributed by atoms with Crippen LogP contribution in [0.4, 0.5) is 0 Å². The van der Waals surface area contributed by atoms with Crippen molar-refractivity contribution in [1.82, 2.24) is 9.62 Å². The molecule has 2 rings (SSSR count). The van der Waals surface area contributed by atoms with Crippen LogP contribution >= 0.6 is 0 Å². The van der Waals surface area contributed by atoms with Gasteiger partial charge >= 0.3 is 0 Å². The number of ether oxygens (including phenoxy) is 1. The Hall–Kier alpha value is -1.60. The number of carbonyl (C=O) groups excluding carboxylic acids is 1. The Morgan fingerprint density at radius 2 is 2.00 bits per heavy atom. The van der Waals surface area contributed by atoms with Crippen LogP contribution in [-0.4, -0.2) is 46.0 Å². The molecule has 1 N–H and O–H groups in total. The Balaban J connectivity index is 2.06. The van der Waals surface area contributed by atoms with E-state index in [1.807, 2.05) is 0 Å². The van der Waals surface area contributed by atoms with E-state index in [4.69, 9.17) is 4.74 Å². The standard InChI is InChI=1S/C14H20N2O4S/c1-11-9-12(20-2)5-6-13(11)21(18,19)15-10-14(17)16-7-3-4-8-16/h5-6,9,15H,3-4,7-8,10H2,1-2H3. The summed E-state index contributed by atoms with van der Waals surface area (Å²) in [5.74, 6) is 0.418. The monoisotopic (exact) mass is 312 g/mol. The number of sulfonamides is 1. The average molecular weight is 312 g/mol. The van der Waals surface area contributed by atoms with Crippen molar-refractivity contribution in [3.63, 3.8) is 0 Å². The SMILES string of the molecule is COc1ccc(S(=O)(=O)NCC(=O)N2CCCC2)c(C)c1. The lowest BCUT2D eigenvalue weighted by Crippen LogP contribution is -2.38. The third-order valence-corrected chi connectivity index (χ3v) is 5.11. The van der Waals surface area contributed by atoms with Gasteiger partial charge in [-0.3, -0.25) is 4.79 Å². The van der Waals surface area contributed by atoms with Crippen molar-refractivity contribution in [2.45, 2.75) is 24.7 Å². The van der Waals surface area contributed by atoms with Crippen LogP contribution < -0.4 is 9.46 Å². The Morgan fingerprint density at radius 1 is 1.33 bits per heavy atom. The summed E-state index contributed by atoms with van der Waals surface area (Å²) in [5.41, 5.74) is 0.579. The van der Waals surface area contributed by atoms with Crippen LogP contribution in [0.25, 0.3) is 0 Å². The number of methoxy groups -OCH3 is 1. The van der Waals surface area contributed by atoms with Crippen molar-refractivity contribution in [2.24, 2.45) is 0 Å². The van der Waals surface area contributed by atoms with Crippen LogP contribution in [0.1, 0.15) is 18.4 Å². The molecule has 0 radical (unpaired) electrons. The van der Waals surface area contributed by atoms with Gasteiger partial charge in [-0.05, 0) is 43.5 Å². The van der Waals surface area contributed by atoms with Crippen LogP contribution in [0.3, 0.4) is 0 Å². The van der Waals surface area contributed by atoms with Crippen LogP contribution in [0.2, 0.25) is 0 Å². The number of hydrogen-bond acceptors (Lipinski definition) is 4. The molecule has 0 unspecified atom stereocenters. The van der Waals surface area contributed by atoms with Gasteiger partial charge in [0.1, 0.15) is 5.75 Å². The first-order valence-corrected chi connectivity index (χ1v) is 8.34. The van der Waals surface area contributed by atoms with Crippen molar-refractivity contribution >= 4 is 15.9 Å². The number of rotatable bonds is 5. The molecule has 0 saturated carbocycles. The molecule has 1 aliphatic heterocycles. The molecule has 1 fully saturated rings. The number of nitrogens with one attached hydrogen (secondary N) is 1. The zero-order valence-corrected chi connectivity index (χ0v) is 13.1. The summed E-state index contributed by atoms with van der Waals surface area (Å²) in [5, 5.41) is 0. The maximum atomic E-state index is 12.2. The highest BCUT2D eigenvalue weighted by atomic mass is 32.2. The third-order valence-electron chi connectivity index (χ3n) is 3.54. The lowest BCUT2D eigenvalue weighted by Gasteiger charge is -2.16. The summed E-state index contributed by atoms with van der Waals surface area (Å²) in [4.78, 5) is 13.7. The number of benzene rings is 1. The van der Waals surface area contributed by atoms with E-state index in [-0.39, 0.29) is 17.3 Å². The van der Waals surface area contributed by atoms with Gasteiger partial charge in [-0.2, -0.15) is 0 Å². The van der Waals surface area contributed by atoms with E-state index in [1.165, 1.54) is 13.2 Å². The number of aryl methyl sites for hydroxylation is 1. The zero-order valence-electron chi connectivity index (χ0n) is 12.3. The molecule has 1 aliphatic rings. The van der Waals surface area contributed by atoms with Gasteiger partial charge in [-0.25, -0.2) is 13.1 Å². The second kappa shape index (κ2) is 6.44. The Kier molecular flexibility index (Phi) is 4.84. The predicted molar refractivity (Wildman–Crippen MR) is 78.7 cm³/mol. The minimum Gasteiger partial charge on any atom is -0.497 e. The predicted octanol–water partition coefficient (Wildman–Crippen LogP) is 0.904. The molecule has 0 bridgehead atoms. The highest BCUT2D eigenvalue weighted by Crippen LogP contribution is 2.20. The first kappa shape index (κ1) is 15.8. The molecule has 21 heavy (non-hydrogen) atoms. The van der Waals surface area contributed by atoms with Gasteiger partial charge in [0.25, 0.3) is 0 Å². The summed E-state index contributed by atoms with van der Waals surface area (Å²) in [6, 6.07) is 4.72. The minimum absolute atomic E-state index is 0.164. The van der Waals surface area contributed by atoms with E-state index < -0.39 is 10.0 Å². The van der Waals surface area contributed by atoms with Crippen molar-refractivity contribution < 1.29 is 17.9 Å². The largest absolute Gasteiger partial charge is 0.497 e. The molecule has 1 aromatic carbocycles. The van der Waals surface area contributed by atoms with Crippen molar-refractivity contribution in [3.8, 4) is 5.75 Å². The molecule has 0 atom stereocenters. The first-order chi connectivity index (χ1) is 9.94. The zero-order chi connectivity index (χ0) is 15.5. The first-order valence-electron chi connectivity index (χ1n) is 6.86. The molecule has 0 aliphatic carbocycles. The second-order valence-corrected chi connectivity index (χ2v) is 6.78. The van der Waals surface area contributed by atoms with Crippen LogP contribution in [0.5, 0.6) is 5.75 Å². The van der Waals surface area contributed by atoms with Gasteiger partial charge in [0.05, 0.1) is 18.6 Å². The Labute approximate surface area is 125 Å². The molecule has 1 heterocycles. The molecule has 6 nitrogen and oxygen atoms in total. The second-order valence-electron chi connectivity index (χ2n) is 5.04. The fourth-order valence-electron chi connectivity index (χ4n) is 2.36. The number of likely N-dealkylation sites (tertiary alicyclic amines) is 1. The molecule has 7 heteroatoms. The van der Waals surface area contributed by atoms with Gasteiger partial charge in [-0.15, -0.1) is 0 Å². The van der Waals surface area contributed by atoms with Crippen LogP contribution in [-0.2, 0) is 14.8 Å². The number of carbonyl (C=O) groups is 1. The van der Waals surface area contributed by atoms with Crippen molar-refractivity contribution in [3.05, 3.63) is 23.8 Å². The van der Waals surface area contributed by atoms with E-state index in [9.17, 15) is 13.2 Å². The Morgan fingerprint density at radius 3 is 2.57 bits per heavy atom. The molecule has 0 aromatic heterocycles. The normalized spacial score (nSPS) is 15.2. The maximum absolute atomic E-state index is 12.2. The number of nitrogens with zero attached hydrogens (tertiary/aromatic N) is 1. The summed E-state index contributed by atoms with van der Waals surface area (Å²) in [6.45, 7) is 2.91. The summed E-state index contributed by atoms with van der Waals surface area (Å²) in [7, 11) is -2.17. The molecular formula is C14H20N2O4S. The van der Waals surface area contributed by atoms with Gasteiger partial charge < -0.3 is 9.64 Å². The highest BCUT2D eigenvalue weighted by Gasteiger charge is 2.22. The maximum Gasteiger partial charge on any atom is 0.241 e. The van der Waals surface area contributed by atoms with Crippen LogP contribution in [0, 0.1) is 6.92 Å². The smallest absolute Gasteiger partial charge is 0.241 e. The molecule has 1 saturated heterocycles. The van der Waals surface area contributed by atoms with E-state index in [2.05, 4.69) is 4.72 Å². The van der Waals surface area contributed by atoms with Crippen LogP contribution in [0.15, 0.2) is 23.1 Å². The van der Waals surface area contributed by atoms with Crippen molar-refractivity contribution in [2.75, 3.05) is 26.7 Å². The van der Waals surface area contributed by atoms with Gasteiger partial charge in [0.15, 0.2) is 0 Å². The topological polar surface area (TPSA) is 75.7 Å². The summed E-state index contributed by atoms with van der Waals surface area (Å²) in [6.07, 6.45) is 1.96. The van der Waals surface area contributed by atoms with E-state index in [1.54, 1.807) is 24.0 Å². The summed E-state index contributed by atoms with van der Waals surface area (Å²) >= 11 is 0. The highest BCUT2D eigenvalue weighted by molar-refractivity contribution is 7.89. The van der Waals surface area contributed by atoms with E-state index in [0.29, 0.717) is 24.4 Å². The van der Waals surface area contributed by atoms with Gasteiger partial charge in [0, 0.05) is 13.1 Å². The molecular weight excluding hydrogens is 292 g/mol.